The van der Waals surface area contributed by atoms with Crippen molar-refractivity contribution in [3.63, 3.8) is 0 Å². The quantitative estimate of drug-likeness (QED) is 0.0956. The number of halogens is 1. The normalized spacial score (nSPS) is 21.9. The van der Waals surface area contributed by atoms with Gasteiger partial charge in [-0.3, -0.25) is 0 Å². The minimum absolute atomic E-state index is 0.326. The Morgan fingerprint density at radius 3 is 1.33 bits per heavy atom. The predicted octanol–water partition coefficient (Wildman–Crippen LogP) is 7.10. The maximum absolute atomic E-state index is 6.72. The molecule has 1 saturated heterocycles. The summed E-state index contributed by atoms with van der Waals surface area (Å²) in [4.78, 5) is 0. The smallest absolute Gasteiger partial charge is 0.187 e. The highest BCUT2D eigenvalue weighted by atomic mass is 79.9. The Kier molecular flexibility index (Phi) is 12.8. The van der Waals surface area contributed by atoms with Crippen molar-refractivity contribution in [3.8, 4) is 0 Å². The summed E-state index contributed by atoms with van der Waals surface area (Å²) >= 11 is 3.46. The van der Waals surface area contributed by atoms with Gasteiger partial charge in [0.1, 0.15) is 24.4 Å². The van der Waals surface area contributed by atoms with Gasteiger partial charge in [0.05, 0.1) is 39.6 Å². The molecule has 226 valence electrons. The van der Waals surface area contributed by atoms with Gasteiger partial charge in [-0.1, -0.05) is 137 Å². The fraction of sp³-hybridized carbons (Fsp3) is 0.333. The Labute approximate surface area is 263 Å². The molecule has 5 atom stereocenters. The summed E-state index contributed by atoms with van der Waals surface area (Å²) in [6.07, 6.45) is -2.70. The van der Waals surface area contributed by atoms with Crippen molar-refractivity contribution in [1.29, 1.82) is 0 Å². The van der Waals surface area contributed by atoms with Crippen molar-refractivity contribution in [1.82, 2.24) is 0 Å². The number of hydrogen-bond acceptors (Lipinski definition) is 6. The zero-order chi connectivity index (χ0) is 29.5. The third-order valence-electron chi connectivity index (χ3n) is 7.21. The van der Waals surface area contributed by atoms with Crippen molar-refractivity contribution in [3.05, 3.63) is 144 Å². The minimum Gasteiger partial charge on any atom is -0.378 e. The van der Waals surface area contributed by atoms with Crippen LogP contribution < -0.4 is 0 Å². The van der Waals surface area contributed by atoms with Gasteiger partial charge in [-0.25, -0.2) is 0 Å². The summed E-state index contributed by atoms with van der Waals surface area (Å²) in [5, 5.41) is 0.722. The first-order valence-corrected chi connectivity index (χ1v) is 15.8. The molecule has 0 bridgehead atoms. The second-order valence-corrected chi connectivity index (χ2v) is 11.2. The van der Waals surface area contributed by atoms with E-state index < -0.39 is 30.7 Å². The van der Waals surface area contributed by atoms with Gasteiger partial charge in [-0.05, 0) is 22.3 Å². The van der Waals surface area contributed by atoms with Crippen LogP contribution in [0.2, 0.25) is 0 Å². The Balaban J connectivity index is 1.44. The van der Waals surface area contributed by atoms with E-state index >= 15 is 0 Å². The predicted molar refractivity (Wildman–Crippen MR) is 170 cm³/mol. The third kappa shape index (κ3) is 9.81. The highest BCUT2D eigenvalue weighted by molar-refractivity contribution is 9.09. The summed E-state index contributed by atoms with van der Waals surface area (Å²) in [5.41, 5.74) is 4.22. The monoisotopic (exact) mass is 646 g/mol. The Bertz CT molecular complexity index is 1290. The number of benzene rings is 4. The fourth-order valence-corrected chi connectivity index (χ4v) is 5.25. The van der Waals surface area contributed by atoms with Crippen LogP contribution in [0.3, 0.4) is 0 Å². The third-order valence-corrected chi connectivity index (χ3v) is 7.53. The van der Waals surface area contributed by atoms with E-state index in [-0.39, 0.29) is 0 Å². The average molecular weight is 648 g/mol. The number of ether oxygens (including phenoxy) is 6. The molecule has 1 aliphatic heterocycles. The second kappa shape index (κ2) is 17.4. The van der Waals surface area contributed by atoms with Crippen LogP contribution in [0.25, 0.3) is 0 Å². The molecule has 0 aliphatic carbocycles. The summed E-state index contributed by atoms with van der Waals surface area (Å²) in [6.45, 7) is 2.41. The van der Waals surface area contributed by atoms with Gasteiger partial charge in [0, 0.05) is 5.33 Å². The molecule has 0 amide bonds. The Morgan fingerprint density at radius 1 is 0.488 bits per heavy atom. The van der Waals surface area contributed by atoms with Crippen molar-refractivity contribution in [2.75, 3.05) is 18.5 Å². The van der Waals surface area contributed by atoms with E-state index in [0.29, 0.717) is 39.6 Å². The molecule has 6 nitrogen and oxygen atoms in total. The van der Waals surface area contributed by atoms with Crippen LogP contribution in [0.1, 0.15) is 22.3 Å². The van der Waals surface area contributed by atoms with E-state index in [1.54, 1.807) is 0 Å². The Morgan fingerprint density at radius 2 is 0.884 bits per heavy atom. The molecule has 43 heavy (non-hydrogen) atoms. The van der Waals surface area contributed by atoms with Gasteiger partial charge in [-0.15, -0.1) is 0 Å². The maximum atomic E-state index is 6.72. The standard InChI is InChI=1S/C36H39BrO6/c37-21-22-38-27-32-33(39-23-28-13-5-1-6-14-28)34(40-24-29-15-7-2-8-16-29)35(41-25-30-17-9-3-10-18-30)36(43-32)42-26-31-19-11-4-12-20-31/h1-20,32-36H,21-27H2/t32-,33-,34+,35-,36?/m1/s1. The molecule has 7 heteroatoms. The van der Waals surface area contributed by atoms with Crippen LogP contribution >= 0.6 is 15.9 Å². The van der Waals surface area contributed by atoms with Gasteiger partial charge < -0.3 is 28.4 Å². The molecule has 1 aliphatic rings. The lowest BCUT2D eigenvalue weighted by molar-refractivity contribution is -0.330. The minimum atomic E-state index is -0.709. The first-order chi connectivity index (χ1) is 21.3. The van der Waals surface area contributed by atoms with Crippen LogP contribution in [0.4, 0.5) is 0 Å². The van der Waals surface area contributed by atoms with Crippen molar-refractivity contribution >= 4 is 15.9 Å². The molecule has 1 unspecified atom stereocenters. The van der Waals surface area contributed by atoms with Gasteiger partial charge in [0.25, 0.3) is 0 Å². The lowest BCUT2D eigenvalue weighted by atomic mass is 9.97. The average Bonchev–Trinajstić information content (AvgIpc) is 3.07. The molecular weight excluding hydrogens is 608 g/mol. The first-order valence-electron chi connectivity index (χ1n) is 14.7. The zero-order valence-electron chi connectivity index (χ0n) is 24.2. The fourth-order valence-electron chi connectivity index (χ4n) is 5.02. The molecule has 1 fully saturated rings. The van der Waals surface area contributed by atoms with Crippen LogP contribution in [-0.4, -0.2) is 49.2 Å². The van der Waals surface area contributed by atoms with Gasteiger partial charge in [0.2, 0.25) is 0 Å². The summed E-state index contributed by atoms with van der Waals surface area (Å²) in [7, 11) is 0. The lowest BCUT2D eigenvalue weighted by Gasteiger charge is -2.46. The zero-order valence-corrected chi connectivity index (χ0v) is 25.8. The maximum Gasteiger partial charge on any atom is 0.187 e. The van der Waals surface area contributed by atoms with E-state index in [2.05, 4.69) is 40.2 Å². The highest BCUT2D eigenvalue weighted by Crippen LogP contribution is 2.32. The van der Waals surface area contributed by atoms with Gasteiger partial charge in [-0.2, -0.15) is 0 Å². The van der Waals surface area contributed by atoms with Crippen molar-refractivity contribution < 1.29 is 28.4 Å². The molecule has 0 spiro atoms. The molecule has 0 aromatic heterocycles. The van der Waals surface area contributed by atoms with Gasteiger partial charge in [0.15, 0.2) is 6.29 Å². The van der Waals surface area contributed by atoms with E-state index in [0.717, 1.165) is 27.6 Å². The highest BCUT2D eigenvalue weighted by Gasteiger charge is 2.49. The van der Waals surface area contributed by atoms with Crippen LogP contribution in [0.5, 0.6) is 0 Å². The topological polar surface area (TPSA) is 55.4 Å². The summed E-state index contributed by atoms with van der Waals surface area (Å²) in [5.74, 6) is 0. The van der Waals surface area contributed by atoms with E-state index in [1.165, 1.54) is 0 Å². The van der Waals surface area contributed by atoms with Crippen molar-refractivity contribution in [2.45, 2.75) is 57.1 Å². The molecule has 1 heterocycles. The molecule has 0 radical (unpaired) electrons. The number of alkyl halides is 1. The lowest BCUT2D eigenvalue weighted by Crippen LogP contribution is -2.61. The molecule has 0 N–H and O–H groups in total. The Hall–Kier alpha value is -2.88. The van der Waals surface area contributed by atoms with Gasteiger partial charge >= 0.3 is 0 Å². The second-order valence-electron chi connectivity index (χ2n) is 10.4. The molecule has 0 saturated carbocycles. The summed E-state index contributed by atoms with van der Waals surface area (Å²) in [6, 6.07) is 40.4. The summed E-state index contributed by atoms with van der Waals surface area (Å²) < 4.78 is 39.1. The van der Waals surface area contributed by atoms with Crippen LogP contribution in [0.15, 0.2) is 121 Å². The largest absolute Gasteiger partial charge is 0.378 e. The van der Waals surface area contributed by atoms with E-state index in [9.17, 15) is 0 Å². The van der Waals surface area contributed by atoms with Crippen LogP contribution in [-0.2, 0) is 54.8 Å². The first kappa shape index (κ1) is 31.5. The molecular formula is C36H39BrO6. The van der Waals surface area contributed by atoms with E-state index in [1.807, 2.05) is 97.1 Å². The molecule has 4 aromatic carbocycles. The van der Waals surface area contributed by atoms with E-state index in [4.69, 9.17) is 28.4 Å². The number of hydrogen-bond donors (Lipinski definition) is 0. The SMILES string of the molecule is BrCCOC[C@H]1OC(OCc2ccccc2)[C@H](OCc2ccccc2)[C@@H](OCc2ccccc2)[C@@H]1OCc1ccccc1. The molecule has 4 aromatic rings. The van der Waals surface area contributed by atoms with Crippen LogP contribution in [0, 0.1) is 0 Å². The van der Waals surface area contributed by atoms with Crippen molar-refractivity contribution in [2.24, 2.45) is 0 Å². The molecule has 5 rings (SSSR count). The number of rotatable bonds is 16.